The third-order valence-corrected chi connectivity index (χ3v) is 9.33. The van der Waals surface area contributed by atoms with Crippen molar-refractivity contribution in [3.05, 3.63) is 163 Å². The summed E-state index contributed by atoms with van der Waals surface area (Å²) in [6.07, 6.45) is 13.3. The summed E-state index contributed by atoms with van der Waals surface area (Å²) in [5.41, 5.74) is 13.2. The van der Waals surface area contributed by atoms with E-state index in [2.05, 4.69) is 22.0 Å². The average molecular weight is 887 g/mol. The van der Waals surface area contributed by atoms with Gasteiger partial charge in [0.1, 0.15) is 15.9 Å². The third kappa shape index (κ3) is 13.0. The fourth-order valence-corrected chi connectivity index (χ4v) is 5.69. The Balaban J connectivity index is 0.000000214. The molecule has 2 amide bonds. The van der Waals surface area contributed by atoms with Crippen LogP contribution in [0.2, 0.25) is 15.1 Å². The Morgan fingerprint density at radius 2 is 1.05 bits per heavy atom. The predicted octanol–water partition coefficient (Wildman–Crippen LogP) is 7.93. The van der Waals surface area contributed by atoms with Gasteiger partial charge in [0.15, 0.2) is 0 Å². The molecular formula is C44H40Cl4N8O4. The van der Waals surface area contributed by atoms with E-state index in [0.29, 0.717) is 22.1 Å². The van der Waals surface area contributed by atoms with Gasteiger partial charge >= 0.3 is 0 Å². The van der Waals surface area contributed by atoms with Crippen LogP contribution in [0.1, 0.15) is 20.8 Å². The van der Waals surface area contributed by atoms with Crippen molar-refractivity contribution in [3.8, 4) is 36.1 Å². The minimum Gasteiger partial charge on any atom is -0.396 e. The largest absolute Gasteiger partial charge is 0.396 e. The number of nitrogens with zero attached hydrogens (tertiary/aromatic N) is 6. The van der Waals surface area contributed by atoms with E-state index in [1.165, 1.54) is 38.5 Å². The molecule has 0 fully saturated rings. The molecule has 0 aliphatic carbocycles. The number of aromatic nitrogens is 4. The van der Waals surface area contributed by atoms with Gasteiger partial charge in [-0.1, -0.05) is 113 Å². The summed E-state index contributed by atoms with van der Waals surface area (Å²) in [7, 11) is 0. The van der Waals surface area contributed by atoms with Crippen molar-refractivity contribution in [1.82, 2.24) is 19.6 Å². The van der Waals surface area contributed by atoms with Crippen LogP contribution >= 0.6 is 46.4 Å². The van der Waals surface area contributed by atoms with E-state index >= 15 is 0 Å². The highest BCUT2D eigenvalue weighted by Gasteiger charge is 2.20. The molecule has 60 heavy (non-hydrogen) atoms. The Labute approximate surface area is 367 Å². The van der Waals surface area contributed by atoms with Crippen LogP contribution in [0.25, 0.3) is 11.4 Å². The second-order valence-corrected chi connectivity index (χ2v) is 13.6. The summed E-state index contributed by atoms with van der Waals surface area (Å²) in [6.45, 7) is 5.04. The molecule has 0 radical (unpaired) electrons. The summed E-state index contributed by atoms with van der Waals surface area (Å²) >= 11 is 23.0. The highest BCUT2D eigenvalue weighted by molar-refractivity contribution is 6.34. The van der Waals surface area contributed by atoms with Crippen molar-refractivity contribution < 1.29 is 9.59 Å². The number of rotatable bonds is 7. The molecule has 4 N–H and O–H groups in total. The number of nitrogen functional groups attached to an aromatic ring is 2. The lowest BCUT2D eigenvalue weighted by Crippen LogP contribution is -2.38. The molecule has 2 aromatic heterocycles. The van der Waals surface area contributed by atoms with Crippen LogP contribution in [0.15, 0.2) is 137 Å². The van der Waals surface area contributed by atoms with E-state index in [9.17, 15) is 19.2 Å². The fraction of sp³-hybridized carbons (Fsp3) is 0.136. The standard InChI is InChI=1S/2C12H12ClNO.2C10H8ClN3O/c1-4-9(2)14(10(3)15)12-8-6-5-7-11(12)13;1-3-10(2)14(12(15)9-13)11-7-5-4-6-8-11;2*11-9-8(12)6-13-14(10(9)15)7-4-2-1-3-5-7/h1,5-9H,2-3H3;1,4-8,10H,9H2,2H3;2*1-6H,12H2. The van der Waals surface area contributed by atoms with Crippen LogP contribution in [-0.4, -0.2) is 49.3 Å². The molecule has 0 spiro atoms. The Morgan fingerprint density at radius 3 is 1.43 bits per heavy atom. The lowest BCUT2D eigenvalue weighted by atomic mass is 10.2. The number of nitrogens with two attached hydrogens (primary N) is 2. The molecule has 0 saturated heterocycles. The number of amides is 2. The number of carbonyl (C=O) groups excluding carboxylic acids is 2. The van der Waals surface area contributed by atoms with E-state index in [0.717, 1.165) is 5.69 Å². The van der Waals surface area contributed by atoms with Crippen LogP contribution in [0.3, 0.4) is 0 Å². The van der Waals surface area contributed by atoms with Crippen molar-refractivity contribution in [3.63, 3.8) is 0 Å². The molecule has 0 aliphatic rings. The summed E-state index contributed by atoms with van der Waals surface area (Å²) in [4.78, 5) is 49.5. The summed E-state index contributed by atoms with van der Waals surface area (Å²) in [5, 5.41) is 8.32. The third-order valence-electron chi connectivity index (χ3n) is 8.02. The second-order valence-electron chi connectivity index (χ2n) is 12.2. The van der Waals surface area contributed by atoms with Gasteiger partial charge in [-0.05, 0) is 62.4 Å². The molecule has 12 nitrogen and oxygen atoms in total. The van der Waals surface area contributed by atoms with Gasteiger partial charge in [0.2, 0.25) is 11.8 Å². The fourth-order valence-electron chi connectivity index (χ4n) is 5.08. The zero-order valence-corrected chi connectivity index (χ0v) is 35.6. The van der Waals surface area contributed by atoms with Crippen LogP contribution in [0.5, 0.6) is 0 Å². The minimum atomic E-state index is -0.414. The quantitative estimate of drug-likeness (QED) is 0.121. The average Bonchev–Trinajstić information content (AvgIpc) is 3.27. The lowest BCUT2D eigenvalue weighted by Gasteiger charge is -2.25. The number of anilines is 4. The van der Waals surface area contributed by atoms with E-state index in [4.69, 9.17) is 70.7 Å². The van der Waals surface area contributed by atoms with Crippen LogP contribution in [0.4, 0.5) is 22.7 Å². The monoisotopic (exact) mass is 884 g/mol. The number of benzene rings is 4. The lowest BCUT2D eigenvalue weighted by molar-refractivity contribution is -0.117. The Morgan fingerprint density at radius 1 is 0.667 bits per heavy atom. The van der Waals surface area contributed by atoms with Gasteiger partial charge in [-0.15, -0.1) is 24.4 Å². The molecule has 4 aromatic carbocycles. The highest BCUT2D eigenvalue weighted by atomic mass is 35.5. The zero-order valence-electron chi connectivity index (χ0n) is 32.6. The number of hydrogen-bond acceptors (Lipinski definition) is 8. The molecule has 6 rings (SSSR count). The summed E-state index contributed by atoms with van der Waals surface area (Å²) in [5.74, 6) is 4.67. The molecular weight excluding hydrogens is 846 g/mol. The first kappa shape index (κ1) is 47.8. The smallest absolute Gasteiger partial charge is 0.292 e. The van der Waals surface area contributed by atoms with Crippen molar-refractivity contribution in [1.29, 1.82) is 0 Å². The number of hydrogen-bond donors (Lipinski definition) is 2. The van der Waals surface area contributed by atoms with Gasteiger partial charge in [-0.25, -0.2) is 0 Å². The molecule has 16 heteroatoms. The number of halogens is 4. The van der Waals surface area contributed by atoms with Crippen molar-refractivity contribution >= 4 is 81.0 Å². The van der Waals surface area contributed by atoms with Crippen LogP contribution in [-0.2, 0) is 9.59 Å². The predicted molar refractivity (Wildman–Crippen MR) is 244 cm³/mol. The molecule has 0 bridgehead atoms. The number of carbonyl (C=O) groups is 2. The molecule has 2 unspecified atom stereocenters. The van der Waals surface area contributed by atoms with E-state index in [-0.39, 0.29) is 51.2 Å². The normalized spacial score (nSPS) is 10.9. The Kier molecular flexibility index (Phi) is 18.9. The van der Waals surface area contributed by atoms with E-state index < -0.39 is 11.1 Å². The molecule has 6 aromatic rings. The van der Waals surface area contributed by atoms with Gasteiger partial charge in [0.05, 0.1) is 57.9 Å². The number of alkyl halides is 1. The maximum atomic E-state index is 11.7. The molecule has 2 heterocycles. The SMILES string of the molecule is C#CC(C)N(C(=O)CCl)c1ccccc1.C#CC(C)N(C(C)=O)c1ccccc1Cl.Nc1cnn(-c2ccccc2)c(=O)c1Cl.Nc1cnn(-c2ccccc2)c(=O)c1Cl. The highest BCUT2D eigenvalue weighted by Crippen LogP contribution is 2.27. The maximum Gasteiger partial charge on any atom is 0.292 e. The van der Waals surface area contributed by atoms with Gasteiger partial charge < -0.3 is 11.5 Å². The Hall–Kier alpha value is -6.54. The van der Waals surface area contributed by atoms with E-state index in [1.54, 1.807) is 50.2 Å². The first-order valence-electron chi connectivity index (χ1n) is 17.7. The second kappa shape index (κ2) is 23.8. The minimum absolute atomic E-state index is 0.00569. The van der Waals surface area contributed by atoms with Gasteiger partial charge in [-0.3, -0.25) is 29.0 Å². The summed E-state index contributed by atoms with van der Waals surface area (Å²) in [6, 6.07) is 33.8. The van der Waals surface area contributed by atoms with Crippen LogP contribution < -0.4 is 32.4 Å². The molecule has 0 saturated carbocycles. The molecule has 0 aliphatic heterocycles. The van der Waals surface area contributed by atoms with Gasteiger partial charge in [-0.2, -0.15) is 19.6 Å². The van der Waals surface area contributed by atoms with Crippen molar-refractivity contribution in [2.75, 3.05) is 27.1 Å². The zero-order chi connectivity index (χ0) is 44.4. The van der Waals surface area contributed by atoms with E-state index in [1.807, 2.05) is 78.9 Å². The van der Waals surface area contributed by atoms with Gasteiger partial charge in [0.25, 0.3) is 11.1 Å². The van der Waals surface area contributed by atoms with Crippen LogP contribution in [0, 0.1) is 24.7 Å². The number of para-hydroxylation sites is 4. The topological polar surface area (TPSA) is 162 Å². The molecule has 2 atom stereocenters. The van der Waals surface area contributed by atoms with Gasteiger partial charge in [0, 0.05) is 12.6 Å². The molecule has 308 valence electrons. The number of terminal acetylenes is 2. The van der Waals surface area contributed by atoms with Crippen molar-refractivity contribution in [2.24, 2.45) is 0 Å². The maximum absolute atomic E-state index is 11.7. The first-order valence-corrected chi connectivity index (χ1v) is 19.4. The first-order chi connectivity index (χ1) is 28.7. The Bertz CT molecular complexity index is 2460. The summed E-state index contributed by atoms with van der Waals surface area (Å²) < 4.78 is 2.41. The van der Waals surface area contributed by atoms with Crippen molar-refractivity contribution in [2.45, 2.75) is 32.9 Å².